The summed E-state index contributed by atoms with van der Waals surface area (Å²) in [6, 6.07) is 11.0. The largest absolute Gasteiger partial charge is 0.478 e. The predicted octanol–water partition coefficient (Wildman–Crippen LogP) is 4.05. The minimum Gasteiger partial charge on any atom is -0.478 e. The van der Waals surface area contributed by atoms with Crippen molar-refractivity contribution in [2.75, 3.05) is 5.32 Å². The smallest absolute Gasteiger partial charge is 0.337 e. The number of anilines is 1. The number of rotatable bonds is 3. The average molecular weight is 355 g/mol. The maximum atomic E-state index is 12.1. The molecule has 0 aromatic heterocycles. The van der Waals surface area contributed by atoms with Gasteiger partial charge in [0.2, 0.25) is 0 Å². The topological polar surface area (TPSA) is 66.4 Å². The van der Waals surface area contributed by atoms with Crippen LogP contribution in [0.25, 0.3) is 0 Å². The van der Waals surface area contributed by atoms with Crippen molar-refractivity contribution < 1.29 is 14.7 Å². The van der Waals surface area contributed by atoms with Crippen LogP contribution in [-0.4, -0.2) is 17.0 Å². The van der Waals surface area contributed by atoms with Crippen LogP contribution in [-0.2, 0) is 0 Å². The first-order valence-corrected chi connectivity index (χ1v) is 6.75. The Labute approximate surface area is 128 Å². The Balaban J connectivity index is 2.30. The second-order valence-electron chi connectivity index (χ2n) is 3.93. The van der Waals surface area contributed by atoms with Gasteiger partial charge in [-0.05, 0) is 30.3 Å². The molecule has 4 nitrogen and oxygen atoms in total. The number of carbonyl (C=O) groups excluding carboxylic acids is 1. The number of para-hydroxylation sites is 1. The van der Waals surface area contributed by atoms with E-state index in [0.29, 0.717) is 0 Å². The fraction of sp³-hybridized carbons (Fsp3) is 0. The molecule has 2 N–H and O–H groups in total. The van der Waals surface area contributed by atoms with Crippen LogP contribution in [0.15, 0.2) is 46.9 Å². The van der Waals surface area contributed by atoms with E-state index in [0.717, 1.165) is 4.47 Å². The number of aromatic carboxylic acids is 1. The Morgan fingerprint density at radius 3 is 2.45 bits per heavy atom. The number of carboxylic acid groups (broad SMARTS) is 1. The molecule has 102 valence electrons. The van der Waals surface area contributed by atoms with Crippen molar-refractivity contribution in [3.8, 4) is 0 Å². The molecule has 2 aromatic carbocycles. The van der Waals surface area contributed by atoms with Gasteiger partial charge >= 0.3 is 5.97 Å². The lowest BCUT2D eigenvalue weighted by Crippen LogP contribution is -2.15. The molecule has 0 saturated carbocycles. The molecule has 6 heteroatoms. The molecule has 0 radical (unpaired) electrons. The first-order chi connectivity index (χ1) is 9.49. The fourth-order valence-corrected chi connectivity index (χ4v) is 2.40. The van der Waals surface area contributed by atoms with Crippen LogP contribution in [0.4, 0.5) is 5.69 Å². The van der Waals surface area contributed by atoms with E-state index in [2.05, 4.69) is 21.2 Å². The predicted molar refractivity (Wildman–Crippen MR) is 80.5 cm³/mol. The summed E-state index contributed by atoms with van der Waals surface area (Å²) in [5.41, 5.74) is 0.521. The van der Waals surface area contributed by atoms with Crippen molar-refractivity contribution in [3.05, 3.63) is 63.1 Å². The molecule has 0 bridgehead atoms. The van der Waals surface area contributed by atoms with Crippen LogP contribution in [0.5, 0.6) is 0 Å². The van der Waals surface area contributed by atoms with Gasteiger partial charge in [-0.25, -0.2) is 4.79 Å². The van der Waals surface area contributed by atoms with Crippen LogP contribution in [0.3, 0.4) is 0 Å². The standard InChI is InChI=1S/C14H9BrClNO3/c15-8-5-6-9(11(16)7-8)13(18)17-12-4-2-1-3-10(12)14(19)20/h1-7H,(H,17,18)(H,19,20). The third kappa shape index (κ3) is 3.18. The maximum absolute atomic E-state index is 12.1. The zero-order valence-corrected chi connectivity index (χ0v) is 12.4. The Hall–Kier alpha value is -1.85. The number of benzene rings is 2. The van der Waals surface area contributed by atoms with Crippen molar-refractivity contribution in [1.29, 1.82) is 0 Å². The second-order valence-corrected chi connectivity index (χ2v) is 5.25. The van der Waals surface area contributed by atoms with Gasteiger partial charge in [-0.15, -0.1) is 0 Å². The number of hydrogen-bond donors (Lipinski definition) is 2. The van der Waals surface area contributed by atoms with Crippen LogP contribution in [0.2, 0.25) is 5.02 Å². The van der Waals surface area contributed by atoms with E-state index in [-0.39, 0.29) is 21.8 Å². The van der Waals surface area contributed by atoms with Gasteiger partial charge in [-0.2, -0.15) is 0 Å². The molecule has 2 rings (SSSR count). The monoisotopic (exact) mass is 353 g/mol. The molecule has 0 fully saturated rings. The second kappa shape index (κ2) is 6.07. The number of halogens is 2. The lowest BCUT2D eigenvalue weighted by atomic mass is 10.1. The van der Waals surface area contributed by atoms with Crippen LogP contribution in [0.1, 0.15) is 20.7 Å². The van der Waals surface area contributed by atoms with Gasteiger partial charge in [0.05, 0.1) is 21.8 Å². The summed E-state index contributed by atoms with van der Waals surface area (Å²) >= 11 is 9.23. The molecule has 0 saturated heterocycles. The summed E-state index contributed by atoms with van der Waals surface area (Å²) in [7, 11) is 0. The summed E-state index contributed by atoms with van der Waals surface area (Å²) in [4.78, 5) is 23.2. The number of amides is 1. The van der Waals surface area contributed by atoms with Gasteiger partial charge in [0.15, 0.2) is 0 Å². The van der Waals surface area contributed by atoms with Crippen LogP contribution >= 0.6 is 27.5 Å². The van der Waals surface area contributed by atoms with Crippen molar-refractivity contribution in [3.63, 3.8) is 0 Å². The molecule has 0 atom stereocenters. The summed E-state index contributed by atoms with van der Waals surface area (Å²) in [5.74, 6) is -1.57. The lowest BCUT2D eigenvalue weighted by molar-refractivity contribution is 0.0698. The third-order valence-corrected chi connectivity index (χ3v) is 3.39. The lowest BCUT2D eigenvalue weighted by Gasteiger charge is -2.09. The number of carboxylic acids is 1. The minimum absolute atomic E-state index is 0.0223. The molecule has 2 aromatic rings. The minimum atomic E-state index is -1.11. The van der Waals surface area contributed by atoms with Crippen molar-refractivity contribution in [2.24, 2.45) is 0 Å². The molecule has 0 spiro atoms. The number of hydrogen-bond acceptors (Lipinski definition) is 2. The van der Waals surface area contributed by atoms with Crippen molar-refractivity contribution in [2.45, 2.75) is 0 Å². The van der Waals surface area contributed by atoms with E-state index in [1.165, 1.54) is 12.1 Å². The molecular weight excluding hydrogens is 346 g/mol. The third-order valence-electron chi connectivity index (χ3n) is 2.58. The highest BCUT2D eigenvalue weighted by molar-refractivity contribution is 9.10. The van der Waals surface area contributed by atoms with E-state index in [1.807, 2.05) is 0 Å². The highest BCUT2D eigenvalue weighted by Gasteiger charge is 2.15. The van der Waals surface area contributed by atoms with Gasteiger partial charge < -0.3 is 10.4 Å². The molecule has 1 amide bonds. The molecule has 0 aliphatic heterocycles. The van der Waals surface area contributed by atoms with E-state index < -0.39 is 11.9 Å². The quantitative estimate of drug-likeness (QED) is 0.874. The molecule has 0 aliphatic carbocycles. The summed E-state index contributed by atoms with van der Waals surface area (Å²) < 4.78 is 0.755. The molecular formula is C14H9BrClNO3. The zero-order chi connectivity index (χ0) is 14.7. The van der Waals surface area contributed by atoms with Crippen LogP contribution in [0, 0.1) is 0 Å². The Morgan fingerprint density at radius 2 is 1.80 bits per heavy atom. The SMILES string of the molecule is O=C(Nc1ccccc1C(=O)O)c1ccc(Br)cc1Cl. The summed E-state index contributed by atoms with van der Waals surface area (Å²) in [5, 5.41) is 11.9. The van der Waals surface area contributed by atoms with E-state index >= 15 is 0 Å². The average Bonchev–Trinajstić information content (AvgIpc) is 2.38. The summed E-state index contributed by atoms with van der Waals surface area (Å²) in [6.45, 7) is 0. The van der Waals surface area contributed by atoms with Crippen molar-refractivity contribution in [1.82, 2.24) is 0 Å². The van der Waals surface area contributed by atoms with Gasteiger partial charge in [0.1, 0.15) is 0 Å². The van der Waals surface area contributed by atoms with Gasteiger partial charge in [-0.1, -0.05) is 39.7 Å². The van der Waals surface area contributed by atoms with E-state index in [4.69, 9.17) is 16.7 Å². The highest BCUT2D eigenvalue weighted by atomic mass is 79.9. The number of nitrogens with one attached hydrogen (secondary N) is 1. The van der Waals surface area contributed by atoms with E-state index in [9.17, 15) is 9.59 Å². The first kappa shape index (κ1) is 14.6. The van der Waals surface area contributed by atoms with Crippen molar-refractivity contribution >= 4 is 45.1 Å². The van der Waals surface area contributed by atoms with Gasteiger partial charge in [0.25, 0.3) is 5.91 Å². The van der Waals surface area contributed by atoms with Gasteiger partial charge in [-0.3, -0.25) is 4.79 Å². The Kier molecular flexibility index (Phi) is 4.42. The normalized spacial score (nSPS) is 10.1. The zero-order valence-electron chi connectivity index (χ0n) is 10.1. The molecule has 0 aliphatic rings. The Bertz CT molecular complexity index is 688. The van der Waals surface area contributed by atoms with Gasteiger partial charge in [0, 0.05) is 4.47 Å². The van der Waals surface area contributed by atoms with E-state index in [1.54, 1.807) is 30.3 Å². The summed E-state index contributed by atoms with van der Waals surface area (Å²) in [6.07, 6.45) is 0. The molecule has 20 heavy (non-hydrogen) atoms. The first-order valence-electron chi connectivity index (χ1n) is 5.58. The molecule has 0 heterocycles. The number of carbonyl (C=O) groups is 2. The van der Waals surface area contributed by atoms with Crippen LogP contribution < -0.4 is 5.32 Å². The Morgan fingerprint density at radius 1 is 1.10 bits per heavy atom. The fourth-order valence-electron chi connectivity index (χ4n) is 1.64. The highest BCUT2D eigenvalue weighted by Crippen LogP contribution is 2.23. The maximum Gasteiger partial charge on any atom is 0.337 e. The molecule has 0 unspecified atom stereocenters.